The Morgan fingerprint density at radius 1 is 1.20 bits per heavy atom. The molecular weight excluding hydrogens is 84.1 g/mol. The van der Waals surface area contributed by atoms with Crippen LogP contribution in [0.4, 0.5) is 0 Å². The Kier molecular flexibility index (Phi) is 1.22. The molecule has 0 aliphatic carbocycles. The highest BCUT2D eigenvalue weighted by Gasteiger charge is 1.86. The molecule has 0 atom stereocenters. The zero-order valence-electron chi connectivity index (χ0n) is 3.56. The fourth-order valence-corrected chi connectivity index (χ4v) is 0. The molecule has 0 aromatic heterocycles. The van der Waals surface area contributed by atoms with Gasteiger partial charge in [0.15, 0.2) is 0 Å². The van der Waals surface area contributed by atoms with Crippen LogP contribution in [0.2, 0.25) is 0 Å². The average molecular weight is 94.2 g/mol. The van der Waals surface area contributed by atoms with Crippen molar-refractivity contribution in [1.29, 1.82) is 0 Å². The van der Waals surface area contributed by atoms with Crippen molar-refractivity contribution in [2.45, 2.75) is 0 Å². The lowest BCUT2D eigenvalue weighted by Gasteiger charge is -2.15. The maximum Gasteiger partial charge on any atom is -0.0109 e. The maximum absolute atomic E-state index is 5.22. The van der Waals surface area contributed by atoms with E-state index in [0.717, 1.165) is 0 Å². The SMILES string of the molecule is CS(C)(N)N. The van der Waals surface area contributed by atoms with Crippen molar-refractivity contribution in [2.75, 3.05) is 12.5 Å². The molecule has 0 unspecified atom stereocenters. The van der Waals surface area contributed by atoms with E-state index in [1.165, 1.54) is 0 Å². The van der Waals surface area contributed by atoms with Gasteiger partial charge in [-0.05, 0) is 12.5 Å². The molecule has 0 aromatic rings. The minimum atomic E-state index is -1.17. The molecule has 0 spiro atoms. The largest absolute Gasteiger partial charge is 0.284 e. The van der Waals surface area contributed by atoms with Crippen LogP contribution in [0.3, 0.4) is 0 Å². The van der Waals surface area contributed by atoms with Gasteiger partial charge in [-0.1, -0.05) is 0 Å². The standard InChI is InChI=1S/C2H10N2S/c1-5(2,3)4/h3-4H2,1-2H3. The molecule has 0 rings (SSSR count). The highest BCUT2D eigenvalue weighted by Crippen LogP contribution is 2.14. The molecule has 0 aromatic carbocycles. The molecule has 0 heterocycles. The summed E-state index contributed by atoms with van der Waals surface area (Å²) >= 11 is 0. The lowest BCUT2D eigenvalue weighted by atomic mass is 11.9. The van der Waals surface area contributed by atoms with Crippen molar-refractivity contribution >= 4 is 10.4 Å². The molecule has 0 saturated heterocycles. The summed E-state index contributed by atoms with van der Waals surface area (Å²) in [6.07, 6.45) is 3.65. The van der Waals surface area contributed by atoms with Crippen LogP contribution in [0, 0.1) is 0 Å². The first-order valence-corrected chi connectivity index (χ1v) is 3.86. The smallest absolute Gasteiger partial charge is 0.0109 e. The summed E-state index contributed by atoms with van der Waals surface area (Å²) < 4.78 is 0. The molecule has 0 bridgehead atoms. The summed E-state index contributed by atoms with van der Waals surface area (Å²) in [6.45, 7) is 0. The maximum atomic E-state index is 5.22. The third kappa shape index (κ3) is 302. The monoisotopic (exact) mass is 94.1 g/mol. The summed E-state index contributed by atoms with van der Waals surface area (Å²) in [7, 11) is -1.17. The summed E-state index contributed by atoms with van der Waals surface area (Å²) in [5.74, 6) is 0. The minimum Gasteiger partial charge on any atom is -0.284 e. The number of hydrogen-bond donors (Lipinski definition) is 2. The second-order valence-corrected chi connectivity index (χ2v) is 4.46. The lowest BCUT2D eigenvalue weighted by molar-refractivity contribution is 1.75. The van der Waals surface area contributed by atoms with Gasteiger partial charge in [0.25, 0.3) is 0 Å². The Bertz CT molecular complexity index is 23.1. The average Bonchev–Trinajstić information content (AvgIpc) is 0.722. The van der Waals surface area contributed by atoms with Crippen molar-refractivity contribution in [2.24, 2.45) is 10.3 Å². The lowest BCUT2D eigenvalue weighted by Crippen LogP contribution is -2.15. The molecule has 2 nitrogen and oxygen atoms in total. The zero-order chi connectivity index (χ0) is 4.50. The molecule has 4 N–H and O–H groups in total. The molecule has 5 heavy (non-hydrogen) atoms. The highest BCUT2D eigenvalue weighted by molar-refractivity contribution is 8.28. The van der Waals surface area contributed by atoms with E-state index in [1.807, 2.05) is 12.5 Å². The third-order valence-corrected chi connectivity index (χ3v) is 0. The van der Waals surface area contributed by atoms with E-state index >= 15 is 0 Å². The van der Waals surface area contributed by atoms with Gasteiger partial charge < -0.3 is 0 Å². The van der Waals surface area contributed by atoms with Gasteiger partial charge in [-0.3, -0.25) is 10.3 Å². The summed E-state index contributed by atoms with van der Waals surface area (Å²) in [4.78, 5) is 0. The van der Waals surface area contributed by atoms with Crippen LogP contribution in [0.5, 0.6) is 0 Å². The number of hydrogen-bond acceptors (Lipinski definition) is 2. The van der Waals surface area contributed by atoms with Crippen LogP contribution in [-0.2, 0) is 0 Å². The van der Waals surface area contributed by atoms with E-state index in [2.05, 4.69) is 0 Å². The Morgan fingerprint density at radius 2 is 1.20 bits per heavy atom. The van der Waals surface area contributed by atoms with E-state index in [9.17, 15) is 0 Å². The van der Waals surface area contributed by atoms with E-state index in [-0.39, 0.29) is 0 Å². The topological polar surface area (TPSA) is 52.0 Å². The van der Waals surface area contributed by atoms with Gasteiger partial charge in [0.2, 0.25) is 0 Å². The minimum absolute atomic E-state index is 1.17. The highest BCUT2D eigenvalue weighted by atomic mass is 32.3. The van der Waals surface area contributed by atoms with Gasteiger partial charge in [0, 0.05) is 0 Å². The normalized spacial score (nSPS) is 15.2. The summed E-state index contributed by atoms with van der Waals surface area (Å²) in [6, 6.07) is 0. The Morgan fingerprint density at radius 3 is 1.20 bits per heavy atom. The van der Waals surface area contributed by atoms with Crippen LogP contribution < -0.4 is 10.3 Å². The van der Waals surface area contributed by atoms with Crippen LogP contribution in [-0.4, -0.2) is 12.5 Å². The van der Waals surface area contributed by atoms with Crippen molar-refractivity contribution in [3.05, 3.63) is 0 Å². The molecule has 3 heteroatoms. The number of rotatable bonds is 0. The van der Waals surface area contributed by atoms with Gasteiger partial charge in [-0.2, -0.15) is 0 Å². The molecule has 0 radical (unpaired) electrons. The van der Waals surface area contributed by atoms with Gasteiger partial charge in [0.1, 0.15) is 0 Å². The van der Waals surface area contributed by atoms with Gasteiger partial charge in [0.05, 0.1) is 0 Å². The van der Waals surface area contributed by atoms with Crippen molar-refractivity contribution < 1.29 is 0 Å². The Balaban J connectivity index is 3.02. The fraction of sp³-hybridized carbons (Fsp3) is 1.00. The van der Waals surface area contributed by atoms with Crippen molar-refractivity contribution in [3.63, 3.8) is 0 Å². The first-order chi connectivity index (χ1) is 2.00. The predicted octanol–water partition coefficient (Wildman–Crippen LogP) is -0.202. The van der Waals surface area contributed by atoms with Gasteiger partial charge in [-0.25, -0.2) is 0 Å². The first kappa shape index (κ1) is 5.27. The molecule has 0 amide bonds. The van der Waals surface area contributed by atoms with Crippen LogP contribution in [0.1, 0.15) is 0 Å². The third-order valence-electron chi connectivity index (χ3n) is 0. The molecule has 0 saturated carbocycles. The second kappa shape index (κ2) is 1.16. The molecule has 34 valence electrons. The van der Waals surface area contributed by atoms with E-state index in [4.69, 9.17) is 10.3 Å². The van der Waals surface area contributed by atoms with Crippen molar-refractivity contribution in [1.82, 2.24) is 0 Å². The molecule has 0 fully saturated rings. The molecular formula is C2H10N2S. The Labute approximate surface area is 34.1 Å². The second-order valence-electron chi connectivity index (χ2n) is 1.49. The molecule has 0 aliphatic rings. The van der Waals surface area contributed by atoms with Gasteiger partial charge >= 0.3 is 0 Å². The summed E-state index contributed by atoms with van der Waals surface area (Å²) in [5.41, 5.74) is 0. The van der Waals surface area contributed by atoms with Gasteiger partial charge in [-0.15, -0.1) is 10.4 Å². The number of nitrogens with two attached hydrogens (primary N) is 2. The van der Waals surface area contributed by atoms with Crippen LogP contribution >= 0.6 is 10.4 Å². The Hall–Kier alpha value is 0.270. The fourth-order valence-electron chi connectivity index (χ4n) is 0. The quantitative estimate of drug-likeness (QED) is 0.436. The summed E-state index contributed by atoms with van der Waals surface area (Å²) in [5, 5.41) is 10.4. The predicted molar refractivity (Wildman–Crippen MR) is 27.8 cm³/mol. The van der Waals surface area contributed by atoms with E-state index in [1.54, 1.807) is 0 Å². The zero-order valence-corrected chi connectivity index (χ0v) is 4.38. The van der Waals surface area contributed by atoms with E-state index in [0.29, 0.717) is 0 Å². The van der Waals surface area contributed by atoms with Crippen LogP contribution in [0.25, 0.3) is 0 Å². The van der Waals surface area contributed by atoms with Crippen molar-refractivity contribution in [3.8, 4) is 0 Å². The van der Waals surface area contributed by atoms with E-state index < -0.39 is 10.4 Å². The van der Waals surface area contributed by atoms with Crippen LogP contribution in [0.15, 0.2) is 0 Å². The molecule has 0 aliphatic heterocycles. The first-order valence-electron chi connectivity index (χ1n) is 1.29.